The minimum Gasteiger partial charge on any atom is -0.366 e. The lowest BCUT2D eigenvalue weighted by molar-refractivity contribution is -0.675. The number of hydrogen-bond donors (Lipinski definition) is 3. The third-order valence-electron chi connectivity index (χ3n) is 4.72. The molecule has 1 aromatic heterocycles. The van der Waals surface area contributed by atoms with Gasteiger partial charge in [0.2, 0.25) is 5.91 Å². The second-order valence-corrected chi connectivity index (χ2v) is 7.89. The van der Waals surface area contributed by atoms with Gasteiger partial charge in [0.25, 0.3) is 5.91 Å². The molecule has 5 nitrogen and oxygen atoms in total. The van der Waals surface area contributed by atoms with Gasteiger partial charge < -0.3 is 16.4 Å². The Morgan fingerprint density at radius 2 is 1.79 bits per heavy atom. The summed E-state index contributed by atoms with van der Waals surface area (Å²) < 4.78 is 0. The minimum absolute atomic E-state index is 0.0775. The van der Waals surface area contributed by atoms with E-state index in [4.69, 9.17) is 5.73 Å². The van der Waals surface area contributed by atoms with E-state index in [-0.39, 0.29) is 18.5 Å². The fourth-order valence-corrected chi connectivity index (χ4v) is 4.07. The van der Waals surface area contributed by atoms with Crippen LogP contribution in [0.3, 0.4) is 0 Å². The molecular formula is C23H26N3O2S+. The van der Waals surface area contributed by atoms with Crippen LogP contribution in [0.2, 0.25) is 0 Å². The highest BCUT2D eigenvalue weighted by molar-refractivity contribution is 7.10. The number of carbonyl (C=O) groups is 2. The number of carbonyl (C=O) groups excluding carboxylic acids is 2. The van der Waals surface area contributed by atoms with Gasteiger partial charge >= 0.3 is 0 Å². The van der Waals surface area contributed by atoms with Crippen LogP contribution in [0.1, 0.15) is 45.7 Å². The summed E-state index contributed by atoms with van der Waals surface area (Å²) in [4.78, 5) is 24.8. The molecular weight excluding hydrogens is 382 g/mol. The normalized spacial score (nSPS) is 11.8. The fourth-order valence-electron chi connectivity index (χ4n) is 3.22. The second-order valence-electron chi connectivity index (χ2n) is 6.91. The van der Waals surface area contributed by atoms with Crippen molar-refractivity contribution in [1.29, 1.82) is 0 Å². The van der Waals surface area contributed by atoms with E-state index in [1.165, 1.54) is 16.0 Å². The van der Waals surface area contributed by atoms with Crippen LogP contribution in [-0.2, 0) is 11.2 Å². The molecule has 5 N–H and O–H groups in total. The van der Waals surface area contributed by atoms with Gasteiger partial charge in [-0.25, -0.2) is 0 Å². The van der Waals surface area contributed by atoms with Crippen LogP contribution in [0.4, 0.5) is 5.69 Å². The molecule has 3 rings (SSSR count). The van der Waals surface area contributed by atoms with Gasteiger partial charge in [0.15, 0.2) is 6.54 Å². The van der Waals surface area contributed by atoms with Gasteiger partial charge in [0, 0.05) is 16.8 Å². The predicted molar refractivity (Wildman–Crippen MR) is 117 cm³/mol. The summed E-state index contributed by atoms with van der Waals surface area (Å²) in [6.45, 7) is 2.47. The highest BCUT2D eigenvalue weighted by atomic mass is 32.1. The van der Waals surface area contributed by atoms with E-state index in [2.05, 4.69) is 48.0 Å². The molecule has 2 aromatic carbocycles. The molecule has 0 unspecified atom stereocenters. The van der Waals surface area contributed by atoms with E-state index in [0.717, 1.165) is 12.8 Å². The first-order valence-electron chi connectivity index (χ1n) is 9.72. The standard InChI is InChI=1S/C23H25N3O2S/c1-2-4-16-6-8-17(9-7-16)22(20-5-3-14-29-20)25-15-21(27)26-19-12-10-18(11-13-19)23(24)28/h3,5-14,22,25H,2,4,15H2,1H3,(H2,24,28)(H,26,27)/p+1/t22-/m1/s1. The van der Waals surface area contributed by atoms with Crippen molar-refractivity contribution in [3.8, 4) is 0 Å². The number of nitrogens with one attached hydrogen (secondary N) is 1. The van der Waals surface area contributed by atoms with E-state index < -0.39 is 5.91 Å². The minimum atomic E-state index is -0.486. The molecule has 1 heterocycles. The zero-order valence-corrected chi connectivity index (χ0v) is 17.2. The molecule has 0 aliphatic rings. The Morgan fingerprint density at radius 1 is 1.07 bits per heavy atom. The number of thiophene rings is 1. The lowest BCUT2D eigenvalue weighted by Crippen LogP contribution is -2.87. The van der Waals surface area contributed by atoms with E-state index in [9.17, 15) is 9.59 Å². The monoisotopic (exact) mass is 408 g/mol. The quantitative estimate of drug-likeness (QED) is 0.508. The third kappa shape index (κ3) is 5.76. The number of nitrogens with two attached hydrogens (primary N) is 2. The lowest BCUT2D eigenvalue weighted by atomic mass is 10.0. The number of primary amides is 1. The Bertz CT molecular complexity index is 935. The van der Waals surface area contributed by atoms with Gasteiger partial charge in [0.05, 0.1) is 4.88 Å². The molecule has 2 amide bonds. The molecule has 0 spiro atoms. The first-order valence-corrected chi connectivity index (χ1v) is 10.6. The Hall–Kier alpha value is -2.96. The number of anilines is 1. The maximum atomic E-state index is 12.4. The van der Waals surface area contributed by atoms with E-state index in [1.54, 1.807) is 35.6 Å². The van der Waals surface area contributed by atoms with Gasteiger partial charge in [-0.3, -0.25) is 9.59 Å². The summed E-state index contributed by atoms with van der Waals surface area (Å²) >= 11 is 1.69. The summed E-state index contributed by atoms with van der Waals surface area (Å²) in [5.41, 5.74) is 8.82. The first-order chi connectivity index (χ1) is 14.1. The van der Waals surface area contributed by atoms with Gasteiger partial charge in [-0.1, -0.05) is 43.7 Å². The van der Waals surface area contributed by atoms with Crippen LogP contribution < -0.4 is 16.4 Å². The van der Waals surface area contributed by atoms with Crippen LogP contribution in [0.15, 0.2) is 66.0 Å². The smallest absolute Gasteiger partial charge is 0.279 e. The van der Waals surface area contributed by atoms with Crippen LogP contribution in [0, 0.1) is 0 Å². The molecule has 0 radical (unpaired) electrons. The molecule has 150 valence electrons. The van der Waals surface area contributed by atoms with Crippen molar-refractivity contribution in [3.63, 3.8) is 0 Å². The summed E-state index contributed by atoms with van der Waals surface area (Å²) in [5.74, 6) is -0.582. The summed E-state index contributed by atoms with van der Waals surface area (Å²) in [7, 11) is 0. The van der Waals surface area contributed by atoms with Crippen LogP contribution in [0.5, 0.6) is 0 Å². The fraction of sp³-hybridized carbons (Fsp3) is 0.217. The van der Waals surface area contributed by atoms with E-state index in [0.29, 0.717) is 11.3 Å². The Kier molecular flexibility index (Phi) is 7.16. The summed E-state index contributed by atoms with van der Waals surface area (Å²) in [6.07, 6.45) is 2.20. The zero-order chi connectivity index (χ0) is 20.6. The molecule has 29 heavy (non-hydrogen) atoms. The van der Waals surface area contributed by atoms with Crippen LogP contribution in [0.25, 0.3) is 0 Å². The highest BCUT2D eigenvalue weighted by Crippen LogP contribution is 2.23. The molecule has 0 aliphatic carbocycles. The number of rotatable bonds is 9. The number of amides is 2. The number of benzene rings is 2. The summed E-state index contributed by atoms with van der Waals surface area (Å²) in [6, 6.07) is 19.5. The molecule has 0 aliphatic heterocycles. The van der Waals surface area contributed by atoms with E-state index >= 15 is 0 Å². The van der Waals surface area contributed by atoms with Crippen molar-refractivity contribution < 1.29 is 14.9 Å². The maximum Gasteiger partial charge on any atom is 0.279 e. The second kappa shape index (κ2) is 10.0. The Morgan fingerprint density at radius 3 is 2.38 bits per heavy atom. The number of aryl methyl sites for hydroxylation is 1. The average Bonchev–Trinajstić information content (AvgIpc) is 3.24. The molecule has 0 saturated heterocycles. The summed E-state index contributed by atoms with van der Waals surface area (Å²) in [5, 5.41) is 6.97. The van der Waals surface area contributed by atoms with Crippen molar-refractivity contribution >= 4 is 28.8 Å². The van der Waals surface area contributed by atoms with Crippen molar-refractivity contribution in [2.45, 2.75) is 25.8 Å². The largest absolute Gasteiger partial charge is 0.366 e. The van der Waals surface area contributed by atoms with Crippen molar-refractivity contribution in [2.75, 3.05) is 11.9 Å². The third-order valence-corrected chi connectivity index (χ3v) is 5.67. The number of quaternary nitrogens is 1. The van der Waals surface area contributed by atoms with Gasteiger partial charge in [-0.15, -0.1) is 11.3 Å². The zero-order valence-electron chi connectivity index (χ0n) is 16.4. The predicted octanol–water partition coefficient (Wildman–Crippen LogP) is 3.09. The van der Waals surface area contributed by atoms with Gasteiger partial charge in [0.1, 0.15) is 6.04 Å². The lowest BCUT2D eigenvalue weighted by Gasteiger charge is -2.15. The Labute approximate surface area is 175 Å². The van der Waals surface area contributed by atoms with Crippen LogP contribution in [-0.4, -0.2) is 18.4 Å². The Balaban J connectivity index is 1.65. The molecule has 3 aromatic rings. The van der Waals surface area contributed by atoms with Crippen molar-refractivity contribution in [2.24, 2.45) is 5.73 Å². The number of hydrogen-bond acceptors (Lipinski definition) is 3. The van der Waals surface area contributed by atoms with Crippen molar-refractivity contribution in [3.05, 3.63) is 87.6 Å². The van der Waals surface area contributed by atoms with E-state index in [1.807, 2.05) is 11.4 Å². The SMILES string of the molecule is CCCc1ccc([C@@H]([NH2+]CC(=O)Nc2ccc(C(N)=O)cc2)c2cccs2)cc1. The average molecular weight is 409 g/mol. The molecule has 0 saturated carbocycles. The maximum absolute atomic E-state index is 12.4. The van der Waals surface area contributed by atoms with Crippen molar-refractivity contribution in [1.82, 2.24) is 0 Å². The molecule has 1 atom stereocenters. The highest BCUT2D eigenvalue weighted by Gasteiger charge is 2.20. The molecule has 0 fully saturated rings. The molecule has 6 heteroatoms. The van der Waals surface area contributed by atoms with Crippen LogP contribution >= 0.6 is 11.3 Å². The molecule has 0 bridgehead atoms. The topological polar surface area (TPSA) is 88.8 Å². The van der Waals surface area contributed by atoms with Gasteiger partial charge in [-0.2, -0.15) is 0 Å². The van der Waals surface area contributed by atoms with Gasteiger partial charge in [-0.05, 0) is 47.7 Å². The first kappa shape index (κ1) is 20.8.